The van der Waals surface area contributed by atoms with Crippen molar-refractivity contribution >= 4 is 23.3 Å². The molecule has 9 nitrogen and oxygen atoms in total. The molecule has 148 valence electrons. The van der Waals surface area contributed by atoms with Crippen LogP contribution in [-0.4, -0.2) is 10.9 Å². The highest BCUT2D eigenvalue weighted by Crippen LogP contribution is 2.41. The van der Waals surface area contributed by atoms with Gasteiger partial charge >= 0.3 is 0 Å². The van der Waals surface area contributed by atoms with Crippen molar-refractivity contribution in [3.05, 3.63) is 70.8 Å². The summed E-state index contributed by atoms with van der Waals surface area (Å²) in [6, 6.07) is 18.3. The quantitative estimate of drug-likeness (QED) is 0.372. The summed E-state index contributed by atoms with van der Waals surface area (Å²) in [7, 11) is 0. The molecule has 0 radical (unpaired) electrons. The van der Waals surface area contributed by atoms with Crippen LogP contribution in [0.4, 0.5) is 17.3 Å². The second-order valence-corrected chi connectivity index (χ2v) is 6.68. The van der Waals surface area contributed by atoms with Crippen LogP contribution in [0, 0.1) is 34.1 Å². The molecule has 2 aromatic carbocycles. The van der Waals surface area contributed by atoms with Gasteiger partial charge in [0.15, 0.2) is 6.19 Å². The van der Waals surface area contributed by atoms with Gasteiger partial charge in [0, 0.05) is 5.56 Å². The average molecular weight is 405 g/mol. The molecule has 9 heteroatoms. The molecule has 0 bridgehead atoms. The molecule has 3 aromatic rings. The van der Waals surface area contributed by atoms with Crippen LogP contribution in [-0.2, 0) is 0 Å². The van der Waals surface area contributed by atoms with Crippen LogP contribution in [0.15, 0.2) is 53.5 Å². The highest BCUT2D eigenvalue weighted by Gasteiger charge is 2.29. The van der Waals surface area contributed by atoms with E-state index >= 15 is 0 Å². The fraction of sp³-hybridized carbons (Fsp3) is 0.0455. The Hall–Kier alpha value is -5.07. The van der Waals surface area contributed by atoms with E-state index in [0.29, 0.717) is 16.9 Å². The Morgan fingerprint density at radius 2 is 1.81 bits per heavy atom. The topological polar surface area (TPSA) is 173 Å². The summed E-state index contributed by atoms with van der Waals surface area (Å²) < 4.78 is 0. The van der Waals surface area contributed by atoms with Gasteiger partial charge < -0.3 is 16.8 Å². The van der Waals surface area contributed by atoms with E-state index in [-0.39, 0.29) is 23.0 Å². The summed E-state index contributed by atoms with van der Waals surface area (Å²) in [6.45, 7) is 0. The number of nitriles is 3. The van der Waals surface area contributed by atoms with Gasteiger partial charge in [0.1, 0.15) is 29.3 Å². The summed E-state index contributed by atoms with van der Waals surface area (Å²) in [5.74, 6) is 0.480. The number of hydrogen-bond donors (Lipinski definition) is 4. The average Bonchev–Trinajstić information content (AvgIpc) is 2.79. The number of aromatic nitrogens is 1. The molecule has 0 saturated carbocycles. The Balaban J connectivity index is 1.92. The number of nitrogens with one attached hydrogen (secondary N) is 2. The van der Waals surface area contributed by atoms with Crippen molar-refractivity contribution < 1.29 is 0 Å². The van der Waals surface area contributed by atoms with Crippen molar-refractivity contribution in [3.8, 4) is 29.5 Å². The predicted octanol–water partition coefficient (Wildman–Crippen LogP) is 2.60. The van der Waals surface area contributed by atoms with Gasteiger partial charge in [-0.3, -0.25) is 5.32 Å². The van der Waals surface area contributed by atoms with Gasteiger partial charge in [0.05, 0.1) is 17.3 Å². The largest absolute Gasteiger partial charge is 0.397 e. The van der Waals surface area contributed by atoms with E-state index in [9.17, 15) is 10.5 Å². The second kappa shape index (κ2) is 7.75. The lowest BCUT2D eigenvalue weighted by atomic mass is 9.92. The van der Waals surface area contributed by atoms with Crippen molar-refractivity contribution in [3.63, 3.8) is 0 Å². The number of rotatable bonds is 2. The number of pyridine rings is 1. The van der Waals surface area contributed by atoms with Gasteiger partial charge in [-0.25, -0.2) is 9.98 Å². The monoisotopic (exact) mass is 405 g/mol. The third-order valence-electron chi connectivity index (χ3n) is 4.92. The molecule has 0 saturated heterocycles. The summed E-state index contributed by atoms with van der Waals surface area (Å²) in [6.07, 6.45) is 1.82. The third kappa shape index (κ3) is 3.31. The first-order valence-electron chi connectivity index (χ1n) is 9.15. The zero-order valence-electron chi connectivity index (χ0n) is 16.1. The Labute approximate surface area is 177 Å². The van der Waals surface area contributed by atoms with Gasteiger partial charge in [-0.1, -0.05) is 36.4 Å². The number of aliphatic imine (C=N–C) groups is 1. The van der Waals surface area contributed by atoms with Gasteiger partial charge in [0.2, 0.25) is 5.96 Å². The van der Waals surface area contributed by atoms with Crippen molar-refractivity contribution in [2.75, 3.05) is 16.8 Å². The van der Waals surface area contributed by atoms with Crippen LogP contribution < -0.4 is 22.1 Å². The van der Waals surface area contributed by atoms with E-state index in [1.807, 2.05) is 48.7 Å². The Morgan fingerprint density at radius 3 is 2.55 bits per heavy atom. The van der Waals surface area contributed by atoms with Crippen LogP contribution >= 0.6 is 0 Å². The minimum atomic E-state index is -0.651. The molecule has 0 aliphatic carbocycles. The van der Waals surface area contributed by atoms with Crippen LogP contribution in [0.25, 0.3) is 11.1 Å². The van der Waals surface area contributed by atoms with Crippen LogP contribution in [0.2, 0.25) is 0 Å². The fourth-order valence-corrected chi connectivity index (χ4v) is 3.53. The third-order valence-corrected chi connectivity index (χ3v) is 4.92. The minimum absolute atomic E-state index is 0.0140. The Kier molecular flexibility index (Phi) is 4.81. The van der Waals surface area contributed by atoms with E-state index in [2.05, 4.69) is 26.7 Å². The number of nitrogens with zero attached hydrogens (tertiary/aromatic N) is 5. The summed E-state index contributed by atoms with van der Waals surface area (Å²) in [4.78, 5) is 8.82. The maximum atomic E-state index is 9.46. The number of guanidine groups is 1. The summed E-state index contributed by atoms with van der Waals surface area (Å²) >= 11 is 0. The molecular formula is C22H15N9. The maximum absolute atomic E-state index is 9.46. The lowest BCUT2D eigenvalue weighted by Crippen LogP contribution is -2.32. The van der Waals surface area contributed by atoms with Crippen LogP contribution in [0.3, 0.4) is 0 Å². The Morgan fingerprint density at radius 1 is 1.00 bits per heavy atom. The molecule has 1 atom stereocenters. The normalized spacial score (nSPS) is 14.1. The number of nitrogen functional groups attached to an aromatic ring is 2. The summed E-state index contributed by atoms with van der Waals surface area (Å²) in [5.41, 5.74) is 15.8. The standard InChI is InChI=1S/C22H15N9/c23-9-14-4-1-2-7-15(14)12-5-3-6-13(8-12)19-17-18(26)16(10-24)20(27)30-21(17)31-22(29-19)28-11-25/h1-8,19H,(H6,26,27,28,29,30,31). The molecule has 31 heavy (non-hydrogen) atoms. The lowest BCUT2D eigenvalue weighted by Gasteiger charge is -2.26. The molecule has 4 rings (SSSR count). The summed E-state index contributed by atoms with van der Waals surface area (Å²) in [5, 5.41) is 33.3. The number of fused-ring (bicyclic) bond motifs is 1. The van der Waals surface area contributed by atoms with Gasteiger partial charge in [-0.05, 0) is 28.8 Å². The molecule has 0 amide bonds. The number of nitrogens with two attached hydrogens (primary N) is 2. The first-order valence-corrected chi connectivity index (χ1v) is 9.15. The van der Waals surface area contributed by atoms with Crippen LogP contribution in [0.5, 0.6) is 0 Å². The van der Waals surface area contributed by atoms with Crippen molar-refractivity contribution in [1.29, 1.82) is 15.8 Å². The van der Waals surface area contributed by atoms with Crippen molar-refractivity contribution in [2.45, 2.75) is 6.04 Å². The number of benzene rings is 2. The van der Waals surface area contributed by atoms with E-state index in [1.54, 1.807) is 12.1 Å². The molecule has 2 heterocycles. The minimum Gasteiger partial charge on any atom is -0.397 e. The van der Waals surface area contributed by atoms with Crippen molar-refractivity contribution in [1.82, 2.24) is 10.3 Å². The molecule has 0 spiro atoms. The van der Waals surface area contributed by atoms with Gasteiger partial charge in [0.25, 0.3) is 0 Å². The van der Waals surface area contributed by atoms with Crippen molar-refractivity contribution in [2.24, 2.45) is 4.99 Å². The molecule has 1 aliphatic rings. The second-order valence-electron chi connectivity index (χ2n) is 6.68. The fourth-order valence-electron chi connectivity index (χ4n) is 3.53. The Bertz CT molecular complexity index is 1350. The molecular weight excluding hydrogens is 390 g/mol. The highest BCUT2D eigenvalue weighted by molar-refractivity contribution is 5.98. The van der Waals surface area contributed by atoms with Gasteiger partial charge in [-0.2, -0.15) is 15.8 Å². The maximum Gasteiger partial charge on any atom is 0.211 e. The van der Waals surface area contributed by atoms with E-state index in [1.165, 1.54) is 0 Å². The first kappa shape index (κ1) is 19.3. The lowest BCUT2D eigenvalue weighted by molar-refractivity contribution is 0.847. The zero-order valence-corrected chi connectivity index (χ0v) is 16.1. The molecule has 0 fully saturated rings. The SMILES string of the molecule is N#CNC1=NC(c2cccc(-c3ccccc3C#N)c2)c2c(nc(N)c(C#N)c2N)N1. The van der Waals surface area contributed by atoms with Crippen LogP contribution in [0.1, 0.15) is 28.3 Å². The van der Waals surface area contributed by atoms with E-state index in [0.717, 1.165) is 16.7 Å². The van der Waals surface area contributed by atoms with E-state index < -0.39 is 6.04 Å². The van der Waals surface area contributed by atoms with E-state index in [4.69, 9.17) is 16.7 Å². The zero-order chi connectivity index (χ0) is 22.0. The van der Waals surface area contributed by atoms with Gasteiger partial charge in [-0.15, -0.1) is 0 Å². The first-order chi connectivity index (χ1) is 15.1. The number of anilines is 3. The number of hydrogen-bond acceptors (Lipinski definition) is 9. The smallest absolute Gasteiger partial charge is 0.211 e. The molecule has 1 aliphatic heterocycles. The highest BCUT2D eigenvalue weighted by atomic mass is 15.2. The molecule has 6 N–H and O–H groups in total. The predicted molar refractivity (Wildman–Crippen MR) is 116 cm³/mol. The molecule has 1 unspecified atom stereocenters. The molecule has 1 aromatic heterocycles.